The van der Waals surface area contributed by atoms with E-state index in [0.29, 0.717) is 0 Å². The Balaban J connectivity index is 2.69. The van der Waals surface area contributed by atoms with E-state index < -0.39 is 52.4 Å². The lowest BCUT2D eigenvalue weighted by atomic mass is 10.2. The van der Waals surface area contributed by atoms with E-state index in [1.54, 1.807) is 0 Å². The van der Waals surface area contributed by atoms with Gasteiger partial charge in [0.05, 0.1) is 11.5 Å². The zero-order valence-electron chi connectivity index (χ0n) is 10.6. The average Bonchev–Trinajstić information content (AvgIpc) is 2.41. The topological polar surface area (TPSA) is 114 Å². The standard InChI is InChI=1S/C10H8ClF3N4O4/c11-8-7(18(21)22)5(1-2-15-8)9(20)16-3-6(19)17-4-10(12,13)14/h1-2H,3-4H2,(H,16,20)(H,17,19). The molecule has 0 aliphatic heterocycles. The summed E-state index contributed by atoms with van der Waals surface area (Å²) in [6.45, 7) is -2.34. The van der Waals surface area contributed by atoms with Gasteiger partial charge in [0.25, 0.3) is 5.91 Å². The van der Waals surface area contributed by atoms with Crippen molar-refractivity contribution < 1.29 is 27.7 Å². The van der Waals surface area contributed by atoms with Crippen molar-refractivity contribution in [3.8, 4) is 0 Å². The minimum atomic E-state index is -4.59. The van der Waals surface area contributed by atoms with Crippen LogP contribution < -0.4 is 10.6 Å². The normalized spacial score (nSPS) is 10.9. The van der Waals surface area contributed by atoms with Crippen LogP contribution in [0.4, 0.5) is 18.9 Å². The van der Waals surface area contributed by atoms with Crippen molar-refractivity contribution in [2.75, 3.05) is 13.1 Å². The van der Waals surface area contributed by atoms with E-state index in [0.717, 1.165) is 12.3 Å². The highest BCUT2D eigenvalue weighted by molar-refractivity contribution is 6.32. The molecule has 8 nitrogen and oxygen atoms in total. The molecule has 0 atom stereocenters. The average molecular weight is 341 g/mol. The first-order chi connectivity index (χ1) is 10.1. The van der Waals surface area contributed by atoms with Crippen molar-refractivity contribution in [3.63, 3.8) is 0 Å². The van der Waals surface area contributed by atoms with Crippen LogP contribution in [0.1, 0.15) is 10.4 Å². The highest BCUT2D eigenvalue weighted by atomic mass is 35.5. The molecule has 0 saturated carbocycles. The van der Waals surface area contributed by atoms with Crippen LogP contribution >= 0.6 is 11.6 Å². The maximum absolute atomic E-state index is 11.9. The van der Waals surface area contributed by atoms with Gasteiger partial charge in [0.2, 0.25) is 11.1 Å². The van der Waals surface area contributed by atoms with Crippen LogP contribution in [0.15, 0.2) is 12.3 Å². The first-order valence-corrected chi connectivity index (χ1v) is 5.90. The summed E-state index contributed by atoms with van der Waals surface area (Å²) in [5.41, 5.74) is -1.23. The summed E-state index contributed by atoms with van der Waals surface area (Å²) in [4.78, 5) is 36.1. The zero-order chi connectivity index (χ0) is 16.9. The van der Waals surface area contributed by atoms with Crippen molar-refractivity contribution in [1.29, 1.82) is 0 Å². The third-order valence-electron chi connectivity index (χ3n) is 2.20. The van der Waals surface area contributed by atoms with E-state index >= 15 is 0 Å². The summed E-state index contributed by atoms with van der Waals surface area (Å²) in [7, 11) is 0. The number of alkyl halides is 3. The summed E-state index contributed by atoms with van der Waals surface area (Å²) in [6.07, 6.45) is -3.55. The van der Waals surface area contributed by atoms with Gasteiger partial charge in [-0.1, -0.05) is 11.6 Å². The Morgan fingerprint density at radius 1 is 1.36 bits per heavy atom. The molecule has 0 saturated heterocycles. The second-order valence-corrected chi connectivity index (χ2v) is 4.19. The van der Waals surface area contributed by atoms with E-state index in [1.807, 2.05) is 5.32 Å². The van der Waals surface area contributed by atoms with E-state index in [2.05, 4.69) is 4.98 Å². The summed E-state index contributed by atoms with van der Waals surface area (Å²) in [5, 5.41) is 13.7. The van der Waals surface area contributed by atoms with Crippen molar-refractivity contribution in [2.45, 2.75) is 6.18 Å². The van der Waals surface area contributed by atoms with Gasteiger partial charge in [0, 0.05) is 6.20 Å². The summed E-state index contributed by atoms with van der Waals surface area (Å²) in [5.74, 6) is -2.15. The maximum Gasteiger partial charge on any atom is 0.405 e. The van der Waals surface area contributed by atoms with E-state index in [-0.39, 0.29) is 0 Å². The molecule has 0 spiro atoms. The Hall–Kier alpha value is -2.43. The first-order valence-electron chi connectivity index (χ1n) is 5.52. The van der Waals surface area contributed by atoms with Gasteiger partial charge in [0.1, 0.15) is 12.1 Å². The zero-order valence-corrected chi connectivity index (χ0v) is 11.4. The molecule has 1 aromatic rings. The van der Waals surface area contributed by atoms with Crippen molar-refractivity contribution in [3.05, 3.63) is 33.1 Å². The van der Waals surface area contributed by atoms with Crippen LogP contribution in [-0.2, 0) is 4.79 Å². The Kier molecular flexibility index (Phi) is 5.63. The van der Waals surface area contributed by atoms with E-state index in [1.165, 1.54) is 5.32 Å². The van der Waals surface area contributed by atoms with Crippen LogP contribution in [0.25, 0.3) is 0 Å². The fraction of sp³-hybridized carbons (Fsp3) is 0.300. The van der Waals surface area contributed by atoms with Gasteiger partial charge in [-0.2, -0.15) is 13.2 Å². The van der Waals surface area contributed by atoms with Crippen molar-refractivity contribution in [1.82, 2.24) is 15.6 Å². The summed E-state index contributed by atoms with van der Waals surface area (Å²) in [6, 6.07) is 0.993. The fourth-order valence-corrected chi connectivity index (χ4v) is 1.53. The molecule has 120 valence electrons. The molecule has 2 amide bonds. The first kappa shape index (κ1) is 17.6. The molecule has 1 aromatic heterocycles. The number of hydrogen-bond acceptors (Lipinski definition) is 5. The van der Waals surface area contributed by atoms with Gasteiger partial charge in [-0.05, 0) is 6.07 Å². The number of rotatable bonds is 5. The van der Waals surface area contributed by atoms with E-state index in [4.69, 9.17) is 11.6 Å². The summed E-state index contributed by atoms with van der Waals surface area (Å²) >= 11 is 5.49. The van der Waals surface area contributed by atoms with Crippen LogP contribution in [0.5, 0.6) is 0 Å². The fourth-order valence-electron chi connectivity index (χ4n) is 1.30. The maximum atomic E-state index is 11.9. The van der Waals surface area contributed by atoms with Gasteiger partial charge in [0.15, 0.2) is 0 Å². The lowest BCUT2D eigenvalue weighted by Crippen LogP contribution is -2.41. The minimum absolute atomic E-state index is 0.464. The number of hydrogen-bond donors (Lipinski definition) is 2. The Bertz CT molecular complexity index is 608. The van der Waals surface area contributed by atoms with Gasteiger partial charge >= 0.3 is 11.9 Å². The Morgan fingerprint density at radius 3 is 2.55 bits per heavy atom. The molecule has 0 aromatic carbocycles. The highest BCUT2D eigenvalue weighted by Gasteiger charge is 2.28. The highest BCUT2D eigenvalue weighted by Crippen LogP contribution is 2.25. The monoisotopic (exact) mass is 340 g/mol. The molecule has 0 aliphatic rings. The molecule has 0 aliphatic carbocycles. The molecule has 0 bridgehead atoms. The van der Waals surface area contributed by atoms with Crippen molar-refractivity contribution in [2.24, 2.45) is 0 Å². The van der Waals surface area contributed by atoms with E-state index in [9.17, 15) is 32.9 Å². The lowest BCUT2D eigenvalue weighted by Gasteiger charge is -2.09. The molecule has 2 N–H and O–H groups in total. The second-order valence-electron chi connectivity index (χ2n) is 3.83. The molecular formula is C10H8ClF3N4O4. The molecule has 0 fully saturated rings. The number of nitrogens with one attached hydrogen (secondary N) is 2. The SMILES string of the molecule is O=C(CNC(=O)c1ccnc(Cl)c1[N+](=O)[O-])NCC(F)(F)F. The molecule has 0 radical (unpaired) electrons. The Labute approximate surface area is 125 Å². The predicted molar refractivity (Wildman–Crippen MR) is 67.3 cm³/mol. The number of pyridine rings is 1. The lowest BCUT2D eigenvalue weighted by molar-refractivity contribution is -0.385. The van der Waals surface area contributed by atoms with Crippen LogP contribution in [0.2, 0.25) is 5.15 Å². The number of carbonyl (C=O) groups excluding carboxylic acids is 2. The number of amides is 2. The van der Waals surface area contributed by atoms with Gasteiger partial charge in [-0.3, -0.25) is 19.7 Å². The molecule has 1 rings (SSSR count). The largest absolute Gasteiger partial charge is 0.405 e. The van der Waals surface area contributed by atoms with Crippen LogP contribution in [-0.4, -0.2) is 41.0 Å². The molecule has 1 heterocycles. The quantitative estimate of drug-likeness (QED) is 0.472. The minimum Gasteiger partial charge on any atom is -0.345 e. The number of nitro groups is 1. The third kappa shape index (κ3) is 5.16. The van der Waals surface area contributed by atoms with Gasteiger partial charge in [-0.25, -0.2) is 4.98 Å². The van der Waals surface area contributed by atoms with Crippen molar-refractivity contribution >= 4 is 29.1 Å². The van der Waals surface area contributed by atoms with Crippen LogP contribution in [0, 0.1) is 10.1 Å². The second kappa shape index (κ2) is 7.02. The smallest absolute Gasteiger partial charge is 0.345 e. The van der Waals surface area contributed by atoms with Gasteiger partial charge in [-0.15, -0.1) is 0 Å². The molecule has 0 unspecified atom stereocenters. The number of aromatic nitrogens is 1. The number of nitrogens with zero attached hydrogens (tertiary/aromatic N) is 2. The summed E-state index contributed by atoms with van der Waals surface area (Å²) < 4.78 is 35.6. The number of halogens is 4. The molecule has 12 heteroatoms. The number of carbonyl (C=O) groups is 2. The Morgan fingerprint density at radius 2 is 2.00 bits per heavy atom. The van der Waals surface area contributed by atoms with Crippen LogP contribution in [0.3, 0.4) is 0 Å². The van der Waals surface area contributed by atoms with Gasteiger partial charge < -0.3 is 10.6 Å². The predicted octanol–water partition coefficient (Wildman–Crippen LogP) is 1.05. The third-order valence-corrected chi connectivity index (χ3v) is 2.48. The molecule has 22 heavy (non-hydrogen) atoms. The molecular weight excluding hydrogens is 333 g/mol.